The van der Waals surface area contributed by atoms with E-state index in [1.54, 1.807) is 34.6 Å². The van der Waals surface area contributed by atoms with Crippen molar-refractivity contribution in [3.8, 4) is 0 Å². The predicted octanol–water partition coefficient (Wildman–Crippen LogP) is 6.86. The SMILES string of the molecule is CCc1ccc2ccc(/C=C/C(C)(C3CCOC3)C(C(=O)NC(C)C(=O)N3CCCC(C(=O)OCC(Cl)(Cl)CCC(C)(C)OC(=O)NC(C(=O)NC(C)C=O)C(C)C)N3)C(C)C)cc2n1. The number of rotatable bonds is 21. The molecule has 2 saturated heterocycles. The molecule has 360 valence electrons. The van der Waals surface area contributed by atoms with Gasteiger partial charge in [-0.25, -0.2) is 10.2 Å². The highest BCUT2D eigenvalue weighted by Crippen LogP contribution is 2.45. The quantitative estimate of drug-likeness (QED) is 0.0581. The highest BCUT2D eigenvalue weighted by atomic mass is 35.5. The normalized spacial score (nSPS) is 19.9. The number of hydrogen-bond donors (Lipinski definition) is 4. The van der Waals surface area contributed by atoms with E-state index in [0.717, 1.165) is 35.0 Å². The van der Waals surface area contributed by atoms with Crippen molar-refractivity contribution in [2.24, 2.45) is 29.1 Å². The summed E-state index contributed by atoms with van der Waals surface area (Å²) in [6.45, 7) is 19.2. The highest BCUT2D eigenvalue weighted by molar-refractivity contribution is 6.48. The van der Waals surface area contributed by atoms with Crippen LogP contribution in [-0.4, -0.2) is 107 Å². The Morgan fingerprint density at radius 2 is 1.66 bits per heavy atom. The Balaban J connectivity index is 1.33. The van der Waals surface area contributed by atoms with Gasteiger partial charge in [-0.3, -0.25) is 29.2 Å². The van der Waals surface area contributed by atoms with E-state index in [9.17, 15) is 28.8 Å². The van der Waals surface area contributed by atoms with Crippen LogP contribution >= 0.6 is 23.2 Å². The van der Waals surface area contributed by atoms with Gasteiger partial charge in [0.1, 0.15) is 36.6 Å². The fourth-order valence-electron chi connectivity index (χ4n) is 8.46. The Morgan fingerprint density at radius 3 is 2.29 bits per heavy atom. The van der Waals surface area contributed by atoms with Gasteiger partial charge in [-0.2, -0.15) is 0 Å². The average molecular weight is 946 g/mol. The van der Waals surface area contributed by atoms with Crippen LogP contribution in [-0.2, 0) is 44.6 Å². The Kier molecular flexibility index (Phi) is 19.2. The van der Waals surface area contributed by atoms with Crippen molar-refractivity contribution in [2.75, 3.05) is 26.4 Å². The molecule has 3 heterocycles. The zero-order valence-electron chi connectivity index (χ0n) is 39.6. The number of aryl methyl sites for hydroxylation is 1. The minimum absolute atomic E-state index is 0.0647. The van der Waals surface area contributed by atoms with E-state index in [1.165, 1.54) is 11.9 Å². The summed E-state index contributed by atoms with van der Waals surface area (Å²) in [6.07, 6.45) is 6.70. The number of nitrogens with one attached hydrogen (secondary N) is 4. The molecule has 17 heteroatoms. The molecular formula is C48H70Cl2N6O9. The van der Waals surface area contributed by atoms with Crippen LogP contribution < -0.4 is 21.4 Å². The minimum Gasteiger partial charge on any atom is -0.461 e. The number of ether oxygens (including phenoxy) is 3. The molecule has 4 rings (SSSR count). The van der Waals surface area contributed by atoms with Gasteiger partial charge in [-0.15, -0.1) is 0 Å². The van der Waals surface area contributed by atoms with Gasteiger partial charge in [-0.1, -0.05) is 95.1 Å². The van der Waals surface area contributed by atoms with Crippen molar-refractivity contribution < 1.29 is 43.0 Å². The third-order valence-electron chi connectivity index (χ3n) is 12.3. The molecule has 2 aromatic rings. The molecule has 0 radical (unpaired) electrons. The van der Waals surface area contributed by atoms with Crippen molar-refractivity contribution >= 4 is 76.3 Å². The molecule has 65 heavy (non-hydrogen) atoms. The fraction of sp³-hybridized carbons (Fsp3) is 0.646. The van der Waals surface area contributed by atoms with Crippen LogP contribution in [0.15, 0.2) is 36.4 Å². The lowest BCUT2D eigenvalue weighted by molar-refractivity contribution is -0.153. The number of alkyl carbamates (subject to hydrolysis) is 1. The van der Waals surface area contributed by atoms with Gasteiger partial charge >= 0.3 is 12.1 Å². The minimum atomic E-state index is -1.55. The van der Waals surface area contributed by atoms with Crippen molar-refractivity contribution in [3.05, 3.63) is 47.7 Å². The predicted molar refractivity (Wildman–Crippen MR) is 252 cm³/mol. The topological polar surface area (TPSA) is 194 Å². The molecule has 2 aliphatic heterocycles. The standard InChI is InChI=1S/C48H70Cl2N6O9/c1-11-36-17-16-34-15-14-33(25-38(34)53-36)18-20-47(10,35-19-24-63-27-35)39(29(2)3)41(58)52-32(7)43(60)56-23-12-13-37(55-56)44(61)64-28-48(49,50)22-21-46(8,9)65-45(62)54-40(30(4)5)42(59)51-31(6)26-57/h14-18,20,25-26,29-32,35,37,39-40,55H,11-13,19,21-24,27-28H2,1-10H3,(H,51,59)(H,52,58)(H,54,62)/b20-18+. The molecule has 15 nitrogen and oxygen atoms in total. The lowest BCUT2D eigenvalue weighted by Gasteiger charge is -2.42. The van der Waals surface area contributed by atoms with Gasteiger partial charge in [0.25, 0.3) is 5.91 Å². The van der Waals surface area contributed by atoms with Crippen LogP contribution in [0.3, 0.4) is 0 Å². The molecule has 2 fully saturated rings. The number of allylic oxidation sites excluding steroid dienone is 1. The summed E-state index contributed by atoms with van der Waals surface area (Å²) >= 11 is 13.2. The molecule has 1 aromatic heterocycles. The molecule has 0 bridgehead atoms. The van der Waals surface area contributed by atoms with Gasteiger partial charge in [0.05, 0.1) is 18.2 Å². The Labute approximate surface area is 394 Å². The number of amides is 4. The largest absolute Gasteiger partial charge is 0.461 e. The third-order valence-corrected chi connectivity index (χ3v) is 12.9. The van der Waals surface area contributed by atoms with Gasteiger partial charge in [0.2, 0.25) is 11.8 Å². The second kappa shape index (κ2) is 23.4. The molecule has 4 amide bonds. The van der Waals surface area contributed by atoms with E-state index in [-0.39, 0.29) is 43.1 Å². The summed E-state index contributed by atoms with van der Waals surface area (Å²) in [7, 11) is 0. The molecule has 1 aromatic carbocycles. The molecule has 2 aliphatic rings. The van der Waals surface area contributed by atoms with Crippen molar-refractivity contribution in [2.45, 2.75) is 142 Å². The zero-order chi connectivity index (χ0) is 48.3. The van der Waals surface area contributed by atoms with Crippen LogP contribution in [0.4, 0.5) is 4.79 Å². The number of pyridine rings is 1. The number of aldehydes is 1. The van der Waals surface area contributed by atoms with Crippen LogP contribution in [0.5, 0.6) is 0 Å². The van der Waals surface area contributed by atoms with E-state index < -0.39 is 69.3 Å². The number of carbonyl (C=O) groups excluding carboxylic acids is 6. The second-order valence-electron chi connectivity index (χ2n) is 19.0. The summed E-state index contributed by atoms with van der Waals surface area (Å²) in [4.78, 5) is 82.7. The Morgan fingerprint density at radius 1 is 0.954 bits per heavy atom. The second-order valence-corrected chi connectivity index (χ2v) is 20.7. The maximum absolute atomic E-state index is 14.4. The van der Waals surface area contributed by atoms with Crippen molar-refractivity contribution in [1.82, 2.24) is 31.4 Å². The summed E-state index contributed by atoms with van der Waals surface area (Å²) in [5.74, 6) is -2.64. The molecule has 0 aliphatic carbocycles. The van der Waals surface area contributed by atoms with Crippen LogP contribution in [0, 0.1) is 29.1 Å². The summed E-state index contributed by atoms with van der Waals surface area (Å²) in [5.41, 5.74) is 4.19. The molecule has 7 unspecified atom stereocenters. The highest BCUT2D eigenvalue weighted by Gasteiger charge is 2.47. The van der Waals surface area contributed by atoms with E-state index in [4.69, 9.17) is 42.4 Å². The summed E-state index contributed by atoms with van der Waals surface area (Å²) in [5, 5.41) is 10.5. The first kappa shape index (κ1) is 53.3. The number of alkyl halides is 2. The smallest absolute Gasteiger partial charge is 0.408 e. The number of carbonyl (C=O) groups is 6. The zero-order valence-corrected chi connectivity index (χ0v) is 41.1. The van der Waals surface area contributed by atoms with Crippen LogP contribution in [0.2, 0.25) is 0 Å². The number of aromatic nitrogens is 1. The number of nitrogens with zero attached hydrogens (tertiary/aromatic N) is 2. The lowest BCUT2D eigenvalue weighted by Crippen LogP contribution is -2.60. The molecule has 7 atom stereocenters. The van der Waals surface area contributed by atoms with Crippen LogP contribution in [0.1, 0.15) is 113 Å². The summed E-state index contributed by atoms with van der Waals surface area (Å²) < 4.78 is 15.4. The van der Waals surface area contributed by atoms with Crippen LogP contribution in [0.25, 0.3) is 17.0 Å². The molecule has 0 saturated carbocycles. The number of hydrazine groups is 1. The van der Waals surface area contributed by atoms with E-state index in [2.05, 4.69) is 71.6 Å². The Hall–Kier alpha value is -4.31. The number of esters is 1. The number of hydrogen-bond acceptors (Lipinski definition) is 11. The first-order valence-corrected chi connectivity index (χ1v) is 23.6. The monoisotopic (exact) mass is 944 g/mol. The van der Waals surface area contributed by atoms with E-state index >= 15 is 0 Å². The molecular weight excluding hydrogens is 875 g/mol. The van der Waals surface area contributed by atoms with E-state index in [0.29, 0.717) is 38.9 Å². The number of benzene rings is 1. The Bertz CT molecular complexity index is 2020. The number of fused-ring (bicyclic) bond motifs is 1. The maximum atomic E-state index is 14.4. The first-order chi connectivity index (χ1) is 30.5. The average Bonchev–Trinajstić information content (AvgIpc) is 3.81. The molecule has 4 N–H and O–H groups in total. The maximum Gasteiger partial charge on any atom is 0.408 e. The first-order valence-electron chi connectivity index (χ1n) is 22.8. The molecule has 0 spiro atoms. The van der Waals surface area contributed by atoms with E-state index in [1.807, 2.05) is 19.9 Å². The lowest BCUT2D eigenvalue weighted by atomic mass is 9.63. The van der Waals surface area contributed by atoms with Gasteiger partial charge in [0.15, 0.2) is 4.33 Å². The third kappa shape index (κ3) is 15.1. The number of halogens is 2. The van der Waals surface area contributed by atoms with Crippen molar-refractivity contribution in [3.63, 3.8) is 0 Å². The van der Waals surface area contributed by atoms with Gasteiger partial charge in [-0.05, 0) is 102 Å². The summed E-state index contributed by atoms with van der Waals surface area (Å²) in [6, 6.07) is 6.84. The fourth-order valence-corrected chi connectivity index (χ4v) is 8.76. The van der Waals surface area contributed by atoms with Crippen molar-refractivity contribution in [1.29, 1.82) is 0 Å². The van der Waals surface area contributed by atoms with Gasteiger partial charge in [0, 0.05) is 35.6 Å². The van der Waals surface area contributed by atoms with Gasteiger partial charge < -0.3 is 35.0 Å².